The van der Waals surface area contributed by atoms with E-state index in [0.29, 0.717) is 45.5 Å². The Labute approximate surface area is 197 Å². The molecule has 3 aromatic rings. The summed E-state index contributed by atoms with van der Waals surface area (Å²) in [6.07, 6.45) is 3.50. The monoisotopic (exact) mass is 489 g/mol. The number of rotatable bonds is 10. The number of carbonyl (C=O) groups is 1. The van der Waals surface area contributed by atoms with E-state index >= 15 is 0 Å². The fourth-order valence-electron chi connectivity index (χ4n) is 3.50. The lowest BCUT2D eigenvalue weighted by atomic mass is 10.2. The van der Waals surface area contributed by atoms with Crippen molar-refractivity contribution in [1.29, 1.82) is 0 Å². The van der Waals surface area contributed by atoms with Gasteiger partial charge in [-0.2, -0.15) is 4.31 Å². The van der Waals surface area contributed by atoms with Crippen LogP contribution in [0, 0.1) is 0 Å². The van der Waals surface area contributed by atoms with Crippen molar-refractivity contribution in [2.24, 2.45) is 0 Å². The molecule has 0 aliphatic carbocycles. The molecule has 10 heteroatoms. The third-order valence-electron chi connectivity index (χ3n) is 5.38. The van der Waals surface area contributed by atoms with Crippen LogP contribution in [0.1, 0.15) is 49.9 Å². The highest BCUT2D eigenvalue weighted by molar-refractivity contribution is 7.89. The van der Waals surface area contributed by atoms with Gasteiger partial charge in [0.2, 0.25) is 16.8 Å². The predicted molar refractivity (Wildman–Crippen MR) is 129 cm³/mol. The van der Waals surface area contributed by atoms with Crippen LogP contribution in [-0.2, 0) is 10.0 Å². The number of thiazole rings is 1. The zero-order valence-electron chi connectivity index (χ0n) is 18.7. The van der Waals surface area contributed by atoms with Gasteiger partial charge in [0.05, 0.1) is 15.1 Å². The van der Waals surface area contributed by atoms with Crippen LogP contribution < -0.4 is 14.8 Å². The largest absolute Gasteiger partial charge is 0.454 e. The van der Waals surface area contributed by atoms with Crippen molar-refractivity contribution >= 4 is 42.6 Å². The van der Waals surface area contributed by atoms with Crippen LogP contribution >= 0.6 is 11.3 Å². The van der Waals surface area contributed by atoms with Gasteiger partial charge in [0.15, 0.2) is 16.6 Å². The summed E-state index contributed by atoms with van der Waals surface area (Å²) < 4.78 is 39.4. The Bertz CT molecular complexity index is 1250. The maximum Gasteiger partial charge on any atom is 0.257 e. The summed E-state index contributed by atoms with van der Waals surface area (Å²) in [5, 5.41) is 3.19. The number of hydrogen-bond acceptors (Lipinski definition) is 7. The first-order chi connectivity index (χ1) is 15.9. The molecule has 4 rings (SSSR count). The normalized spacial score (nSPS) is 13.1. The van der Waals surface area contributed by atoms with Gasteiger partial charge in [-0.05, 0) is 49.2 Å². The predicted octanol–water partition coefficient (Wildman–Crippen LogP) is 4.87. The van der Waals surface area contributed by atoms with Crippen LogP contribution in [0.2, 0.25) is 0 Å². The third-order valence-corrected chi connectivity index (χ3v) is 8.20. The number of fused-ring (bicyclic) bond motifs is 2. The molecule has 0 fully saturated rings. The van der Waals surface area contributed by atoms with E-state index < -0.39 is 10.0 Å². The number of ether oxygens (including phenoxy) is 2. The van der Waals surface area contributed by atoms with Gasteiger partial charge < -0.3 is 9.47 Å². The van der Waals surface area contributed by atoms with Crippen LogP contribution in [-0.4, -0.2) is 43.5 Å². The average Bonchev–Trinajstić information content (AvgIpc) is 3.44. The highest BCUT2D eigenvalue weighted by atomic mass is 32.2. The summed E-state index contributed by atoms with van der Waals surface area (Å²) >= 11 is 1.24. The molecule has 0 spiro atoms. The molecule has 0 bridgehead atoms. The first-order valence-corrected chi connectivity index (χ1v) is 13.3. The summed E-state index contributed by atoms with van der Waals surface area (Å²) in [7, 11) is -3.60. The SMILES string of the molecule is CCCCN(CCCC)S(=O)(=O)c1ccc2nc(NC(=O)c3ccc4c(c3)OCO4)sc2c1. The molecule has 0 radical (unpaired) electrons. The Hall–Kier alpha value is -2.69. The van der Waals surface area contributed by atoms with E-state index in [-0.39, 0.29) is 17.6 Å². The minimum atomic E-state index is -3.60. The van der Waals surface area contributed by atoms with E-state index in [0.717, 1.165) is 25.7 Å². The number of aromatic nitrogens is 1. The number of benzene rings is 2. The lowest BCUT2D eigenvalue weighted by molar-refractivity contribution is 0.102. The van der Waals surface area contributed by atoms with Gasteiger partial charge in [0.1, 0.15) is 0 Å². The van der Waals surface area contributed by atoms with Gasteiger partial charge in [0, 0.05) is 18.7 Å². The lowest BCUT2D eigenvalue weighted by Gasteiger charge is -2.21. The number of nitrogens with zero attached hydrogens (tertiary/aromatic N) is 2. The Balaban J connectivity index is 1.54. The Morgan fingerprint density at radius 1 is 1.06 bits per heavy atom. The Kier molecular flexibility index (Phi) is 7.16. The van der Waals surface area contributed by atoms with E-state index in [1.165, 1.54) is 11.3 Å². The number of unbranched alkanes of at least 4 members (excludes halogenated alkanes) is 2. The maximum atomic E-state index is 13.3. The minimum absolute atomic E-state index is 0.137. The zero-order valence-corrected chi connectivity index (χ0v) is 20.3. The smallest absolute Gasteiger partial charge is 0.257 e. The van der Waals surface area contributed by atoms with Crippen LogP contribution in [0.4, 0.5) is 5.13 Å². The van der Waals surface area contributed by atoms with Crippen molar-refractivity contribution in [3.05, 3.63) is 42.0 Å². The summed E-state index contributed by atoms with van der Waals surface area (Å²) in [6, 6.07) is 9.89. The quantitative estimate of drug-likeness (QED) is 0.436. The molecule has 1 amide bonds. The van der Waals surface area contributed by atoms with E-state index in [1.807, 2.05) is 13.8 Å². The fourth-order valence-corrected chi connectivity index (χ4v) is 6.01. The topological polar surface area (TPSA) is 97.8 Å². The molecule has 33 heavy (non-hydrogen) atoms. The Morgan fingerprint density at radius 3 is 2.52 bits per heavy atom. The molecule has 176 valence electrons. The molecule has 1 N–H and O–H groups in total. The van der Waals surface area contributed by atoms with Gasteiger partial charge in [-0.25, -0.2) is 13.4 Å². The highest BCUT2D eigenvalue weighted by Crippen LogP contribution is 2.33. The third kappa shape index (κ3) is 5.13. The van der Waals surface area contributed by atoms with Crippen molar-refractivity contribution in [1.82, 2.24) is 9.29 Å². The van der Waals surface area contributed by atoms with Gasteiger partial charge in [0.25, 0.3) is 5.91 Å². The van der Waals surface area contributed by atoms with Crippen molar-refractivity contribution in [3.8, 4) is 11.5 Å². The first-order valence-electron chi connectivity index (χ1n) is 11.0. The number of sulfonamides is 1. The fraction of sp³-hybridized carbons (Fsp3) is 0.391. The lowest BCUT2D eigenvalue weighted by Crippen LogP contribution is -2.33. The van der Waals surface area contributed by atoms with E-state index in [1.54, 1.807) is 40.7 Å². The second-order valence-electron chi connectivity index (χ2n) is 7.78. The zero-order chi connectivity index (χ0) is 23.4. The van der Waals surface area contributed by atoms with Gasteiger partial charge in [-0.3, -0.25) is 10.1 Å². The van der Waals surface area contributed by atoms with Crippen molar-refractivity contribution in [2.45, 2.75) is 44.4 Å². The number of carbonyl (C=O) groups excluding carboxylic acids is 1. The molecule has 1 aliphatic rings. The summed E-state index contributed by atoms with van der Waals surface area (Å²) in [4.78, 5) is 17.4. The molecule has 1 aliphatic heterocycles. The Morgan fingerprint density at radius 2 is 1.79 bits per heavy atom. The van der Waals surface area contributed by atoms with E-state index in [4.69, 9.17) is 9.47 Å². The average molecular weight is 490 g/mol. The van der Waals surface area contributed by atoms with Crippen LogP contribution in [0.15, 0.2) is 41.3 Å². The molecule has 1 aromatic heterocycles. The molecular weight excluding hydrogens is 462 g/mol. The van der Waals surface area contributed by atoms with Gasteiger partial charge in [-0.15, -0.1) is 0 Å². The molecule has 8 nitrogen and oxygen atoms in total. The van der Waals surface area contributed by atoms with Crippen LogP contribution in [0.25, 0.3) is 10.2 Å². The van der Waals surface area contributed by atoms with Gasteiger partial charge in [-0.1, -0.05) is 38.0 Å². The highest BCUT2D eigenvalue weighted by Gasteiger charge is 2.24. The van der Waals surface area contributed by atoms with Crippen molar-refractivity contribution in [2.75, 3.05) is 25.2 Å². The molecule has 0 saturated heterocycles. The summed E-state index contributed by atoms with van der Waals surface area (Å²) in [6.45, 7) is 5.26. The maximum absolute atomic E-state index is 13.3. The second-order valence-corrected chi connectivity index (χ2v) is 10.8. The minimum Gasteiger partial charge on any atom is -0.454 e. The summed E-state index contributed by atoms with van der Waals surface area (Å²) in [5.41, 5.74) is 1.05. The van der Waals surface area contributed by atoms with E-state index in [2.05, 4.69) is 10.3 Å². The first kappa shape index (κ1) is 23.5. The van der Waals surface area contributed by atoms with Gasteiger partial charge >= 0.3 is 0 Å². The molecular formula is C23H27N3O5S2. The molecule has 2 heterocycles. The number of nitrogens with one attached hydrogen (secondary N) is 1. The molecule has 0 atom stereocenters. The van der Waals surface area contributed by atoms with Crippen molar-refractivity contribution in [3.63, 3.8) is 0 Å². The summed E-state index contributed by atoms with van der Waals surface area (Å²) in [5.74, 6) is 0.801. The van der Waals surface area contributed by atoms with Crippen molar-refractivity contribution < 1.29 is 22.7 Å². The van der Waals surface area contributed by atoms with Crippen LogP contribution in [0.5, 0.6) is 11.5 Å². The second kappa shape index (κ2) is 10.1. The molecule has 0 saturated carbocycles. The molecule has 0 unspecified atom stereocenters. The van der Waals surface area contributed by atoms with Crippen LogP contribution in [0.3, 0.4) is 0 Å². The number of amides is 1. The standard InChI is InChI=1S/C23H27N3O5S2/c1-3-5-11-26(12-6-4-2)33(28,29)17-8-9-18-21(14-17)32-23(24-18)25-22(27)16-7-10-19-20(13-16)31-15-30-19/h7-10,13-14H,3-6,11-12,15H2,1-2H3,(H,24,25,27). The number of hydrogen-bond donors (Lipinski definition) is 1. The number of anilines is 1. The van der Waals surface area contributed by atoms with E-state index in [9.17, 15) is 13.2 Å². The molecule has 2 aromatic carbocycles.